The predicted octanol–water partition coefficient (Wildman–Crippen LogP) is 2.08. The third kappa shape index (κ3) is 5.15. The Balaban J connectivity index is 1.66. The summed E-state index contributed by atoms with van der Waals surface area (Å²) in [6, 6.07) is 11.1. The van der Waals surface area contributed by atoms with E-state index in [0.717, 1.165) is 30.0 Å². The zero-order chi connectivity index (χ0) is 17.7. The molecule has 1 aliphatic rings. The first-order chi connectivity index (χ1) is 12.0. The highest BCUT2D eigenvalue weighted by molar-refractivity contribution is 7.88. The van der Waals surface area contributed by atoms with Crippen molar-refractivity contribution in [2.45, 2.75) is 18.7 Å². The van der Waals surface area contributed by atoms with Crippen molar-refractivity contribution < 1.29 is 17.6 Å². The first-order valence-corrected chi connectivity index (χ1v) is 10.1. The fraction of sp³-hybridized carbons (Fsp3) is 0.444. The van der Waals surface area contributed by atoms with Crippen LogP contribution in [-0.4, -0.2) is 46.2 Å². The van der Waals surface area contributed by atoms with E-state index in [0.29, 0.717) is 13.2 Å². The third-order valence-corrected chi connectivity index (χ3v) is 5.65. The lowest BCUT2D eigenvalue weighted by Gasteiger charge is -2.33. The quantitative estimate of drug-likeness (QED) is 0.814. The average molecular weight is 364 g/mol. The summed E-state index contributed by atoms with van der Waals surface area (Å²) in [5, 5.41) is 0. The van der Waals surface area contributed by atoms with Gasteiger partial charge in [0, 0.05) is 19.6 Å². The molecule has 1 unspecified atom stereocenters. The maximum atomic E-state index is 12.5. The topological polar surface area (TPSA) is 71.8 Å². The first kappa shape index (κ1) is 18.1. The number of hydrogen-bond donors (Lipinski definition) is 1. The van der Waals surface area contributed by atoms with Crippen molar-refractivity contribution in [1.82, 2.24) is 9.62 Å². The van der Waals surface area contributed by atoms with Gasteiger partial charge < -0.3 is 9.15 Å². The van der Waals surface area contributed by atoms with Gasteiger partial charge in [-0.15, -0.1) is 0 Å². The van der Waals surface area contributed by atoms with Crippen LogP contribution < -0.4 is 4.72 Å². The van der Waals surface area contributed by atoms with Gasteiger partial charge in [0.25, 0.3) is 0 Å². The van der Waals surface area contributed by atoms with E-state index in [9.17, 15) is 8.42 Å². The molecule has 2 heterocycles. The molecule has 1 aromatic carbocycles. The number of morpholine rings is 1. The van der Waals surface area contributed by atoms with Gasteiger partial charge in [0.05, 0.1) is 31.3 Å². The monoisotopic (exact) mass is 364 g/mol. The molecule has 0 radical (unpaired) electrons. The molecular weight excluding hydrogens is 340 g/mol. The van der Waals surface area contributed by atoms with Crippen molar-refractivity contribution in [1.29, 1.82) is 0 Å². The van der Waals surface area contributed by atoms with Gasteiger partial charge in [-0.1, -0.05) is 29.8 Å². The minimum Gasteiger partial charge on any atom is -0.468 e. The van der Waals surface area contributed by atoms with E-state index in [2.05, 4.69) is 9.62 Å². The number of hydrogen-bond acceptors (Lipinski definition) is 5. The molecular formula is C18H24N2O4S. The van der Waals surface area contributed by atoms with Crippen LogP contribution in [-0.2, 0) is 20.5 Å². The zero-order valence-electron chi connectivity index (χ0n) is 14.3. The van der Waals surface area contributed by atoms with Crippen molar-refractivity contribution in [3.63, 3.8) is 0 Å². The Hall–Kier alpha value is -1.67. The van der Waals surface area contributed by atoms with Crippen LogP contribution in [0.3, 0.4) is 0 Å². The molecule has 1 aliphatic heterocycles. The molecule has 0 aliphatic carbocycles. The molecule has 6 nitrogen and oxygen atoms in total. The summed E-state index contributed by atoms with van der Waals surface area (Å²) in [5.74, 6) is 0.737. The van der Waals surface area contributed by atoms with Crippen LogP contribution in [0, 0.1) is 6.92 Å². The third-order valence-electron chi connectivity index (χ3n) is 4.33. The smallest absolute Gasteiger partial charge is 0.215 e. The van der Waals surface area contributed by atoms with Gasteiger partial charge in [0.15, 0.2) is 0 Å². The molecule has 0 spiro atoms. The van der Waals surface area contributed by atoms with Crippen molar-refractivity contribution in [3.05, 3.63) is 59.5 Å². The lowest BCUT2D eigenvalue weighted by atomic mass is 10.2. The van der Waals surface area contributed by atoms with Gasteiger partial charge in [-0.2, -0.15) is 0 Å². The second kappa shape index (κ2) is 8.14. The number of benzene rings is 1. The second-order valence-corrected chi connectivity index (χ2v) is 8.08. The Bertz CT molecular complexity index is 751. The van der Waals surface area contributed by atoms with Crippen molar-refractivity contribution in [2.75, 3.05) is 32.8 Å². The maximum absolute atomic E-state index is 12.5. The van der Waals surface area contributed by atoms with Gasteiger partial charge in [-0.25, -0.2) is 13.1 Å². The van der Waals surface area contributed by atoms with Gasteiger partial charge >= 0.3 is 0 Å². The first-order valence-electron chi connectivity index (χ1n) is 8.41. The molecule has 1 saturated heterocycles. The minimum atomic E-state index is -3.42. The Morgan fingerprint density at radius 1 is 1.16 bits per heavy atom. The Kier molecular flexibility index (Phi) is 5.90. The molecule has 2 aromatic rings. The number of nitrogens with one attached hydrogen (secondary N) is 1. The molecule has 25 heavy (non-hydrogen) atoms. The van der Waals surface area contributed by atoms with Gasteiger partial charge in [-0.05, 0) is 24.6 Å². The van der Waals surface area contributed by atoms with Crippen LogP contribution in [0.15, 0.2) is 47.1 Å². The van der Waals surface area contributed by atoms with Crippen LogP contribution in [0.5, 0.6) is 0 Å². The summed E-state index contributed by atoms with van der Waals surface area (Å²) >= 11 is 0. The molecule has 1 aromatic heterocycles. The van der Waals surface area contributed by atoms with E-state index in [-0.39, 0.29) is 18.3 Å². The van der Waals surface area contributed by atoms with E-state index in [1.807, 2.05) is 43.3 Å². The number of sulfonamides is 1. The standard InChI is InChI=1S/C18H24N2O4S/c1-15-4-6-16(7-5-15)14-25(21,22)19-13-17(18-3-2-10-24-18)20-8-11-23-12-9-20/h2-7,10,17,19H,8-9,11-14H2,1H3. The predicted molar refractivity (Wildman–Crippen MR) is 95.6 cm³/mol. The fourth-order valence-corrected chi connectivity index (χ4v) is 4.09. The zero-order valence-corrected chi connectivity index (χ0v) is 15.2. The molecule has 1 atom stereocenters. The summed E-state index contributed by atoms with van der Waals surface area (Å²) in [7, 11) is -3.42. The normalized spacial score (nSPS) is 17.5. The van der Waals surface area contributed by atoms with Crippen molar-refractivity contribution in [2.24, 2.45) is 0 Å². The Morgan fingerprint density at radius 3 is 2.52 bits per heavy atom. The SMILES string of the molecule is Cc1ccc(CS(=O)(=O)NCC(c2ccco2)N2CCOCC2)cc1. The van der Waals surface area contributed by atoms with Crippen molar-refractivity contribution >= 4 is 10.0 Å². The highest BCUT2D eigenvalue weighted by atomic mass is 32.2. The Labute approximate surface area is 148 Å². The molecule has 1 fully saturated rings. The number of ether oxygens (including phenoxy) is 1. The summed E-state index contributed by atoms with van der Waals surface area (Å²) in [6.07, 6.45) is 1.61. The molecule has 0 saturated carbocycles. The summed E-state index contributed by atoms with van der Waals surface area (Å²) in [4.78, 5) is 2.19. The van der Waals surface area contributed by atoms with E-state index < -0.39 is 10.0 Å². The van der Waals surface area contributed by atoms with Crippen LogP contribution in [0.1, 0.15) is 22.9 Å². The lowest BCUT2D eigenvalue weighted by Crippen LogP contribution is -2.43. The molecule has 0 bridgehead atoms. The van der Waals surface area contributed by atoms with Crippen LogP contribution in [0.25, 0.3) is 0 Å². The number of rotatable bonds is 7. The summed E-state index contributed by atoms with van der Waals surface area (Å²) < 4.78 is 38.6. The summed E-state index contributed by atoms with van der Waals surface area (Å²) in [6.45, 7) is 5.06. The lowest BCUT2D eigenvalue weighted by molar-refractivity contribution is 0.0128. The van der Waals surface area contributed by atoms with E-state index >= 15 is 0 Å². The largest absolute Gasteiger partial charge is 0.468 e. The molecule has 1 N–H and O–H groups in total. The number of nitrogens with zero attached hydrogens (tertiary/aromatic N) is 1. The van der Waals surface area contributed by atoms with E-state index in [1.165, 1.54) is 0 Å². The molecule has 3 rings (SSSR count). The summed E-state index contributed by atoms with van der Waals surface area (Å²) in [5.41, 5.74) is 1.89. The highest BCUT2D eigenvalue weighted by Crippen LogP contribution is 2.22. The fourth-order valence-electron chi connectivity index (χ4n) is 2.94. The highest BCUT2D eigenvalue weighted by Gasteiger charge is 2.26. The number of furan rings is 1. The second-order valence-electron chi connectivity index (χ2n) is 6.27. The van der Waals surface area contributed by atoms with Crippen LogP contribution >= 0.6 is 0 Å². The molecule has 136 valence electrons. The van der Waals surface area contributed by atoms with Crippen molar-refractivity contribution in [3.8, 4) is 0 Å². The van der Waals surface area contributed by atoms with Gasteiger partial charge in [0.1, 0.15) is 5.76 Å². The minimum absolute atomic E-state index is 0.0265. The van der Waals surface area contributed by atoms with Gasteiger partial charge in [0.2, 0.25) is 10.0 Å². The van der Waals surface area contributed by atoms with Gasteiger partial charge in [-0.3, -0.25) is 4.90 Å². The Morgan fingerprint density at radius 2 is 1.88 bits per heavy atom. The van der Waals surface area contributed by atoms with E-state index in [4.69, 9.17) is 9.15 Å². The van der Waals surface area contributed by atoms with E-state index in [1.54, 1.807) is 6.26 Å². The molecule has 7 heteroatoms. The maximum Gasteiger partial charge on any atom is 0.215 e. The number of aryl methyl sites for hydroxylation is 1. The van der Waals surface area contributed by atoms with Crippen LogP contribution in [0.4, 0.5) is 0 Å². The average Bonchev–Trinajstić information content (AvgIpc) is 3.12. The van der Waals surface area contributed by atoms with Crippen LogP contribution in [0.2, 0.25) is 0 Å². The molecule has 0 amide bonds.